The molecule has 0 saturated carbocycles. The molecule has 0 aliphatic carbocycles. The summed E-state index contributed by atoms with van der Waals surface area (Å²) in [6.07, 6.45) is 13.3. The van der Waals surface area contributed by atoms with Crippen LogP contribution in [0.5, 0.6) is 34.5 Å². The maximum Gasteiger partial charge on any atom is 0.410 e. The van der Waals surface area contributed by atoms with Gasteiger partial charge in [0.1, 0.15) is 62.5 Å². The number of halogens is 1. The van der Waals surface area contributed by atoms with Crippen molar-refractivity contribution in [1.82, 2.24) is 70.6 Å². The van der Waals surface area contributed by atoms with Gasteiger partial charge in [-0.2, -0.15) is 0 Å². The number of piperazine rings is 3. The first-order valence-corrected chi connectivity index (χ1v) is 65.0. The summed E-state index contributed by atoms with van der Waals surface area (Å²) in [6.45, 7) is 28.9. The molecule has 3 aliphatic heterocycles. The van der Waals surface area contributed by atoms with Crippen LogP contribution in [0.15, 0.2) is 201 Å². The molecule has 145 heavy (non-hydrogen) atoms. The van der Waals surface area contributed by atoms with Gasteiger partial charge in [0.05, 0.1) is 40.9 Å². The number of amides is 7. The fourth-order valence-electron chi connectivity index (χ4n) is 15.2. The Morgan fingerprint density at radius 1 is 0.400 bits per heavy atom. The molecule has 7 N–H and O–H groups in total. The van der Waals surface area contributed by atoms with Gasteiger partial charge in [0, 0.05) is 309 Å². The highest BCUT2D eigenvalue weighted by atomic mass is 35.5. The fourth-order valence-corrected chi connectivity index (χ4v) is 48.3. The number of hydrogen-bond donors (Lipinski definition) is 6. The molecule has 0 unspecified atom stereocenters. The van der Waals surface area contributed by atoms with Crippen LogP contribution in [0.3, 0.4) is 0 Å². The first kappa shape index (κ1) is 114. The van der Waals surface area contributed by atoms with Gasteiger partial charge in [-0.1, -0.05) is 61.0 Å². The number of hydrogen-bond acceptors (Lipinski definition) is 28. The van der Waals surface area contributed by atoms with E-state index in [9.17, 15) is 38.4 Å². The summed E-state index contributed by atoms with van der Waals surface area (Å²) in [7, 11) is 26.7. The zero-order chi connectivity index (χ0) is 104. The molecule has 6 atom stereocenters. The molecule has 3 aliphatic rings. The lowest BCUT2D eigenvalue weighted by atomic mass is 10.00. The maximum atomic E-state index is 13.0. The minimum atomic E-state index is -0.575. The molecule has 0 spiro atoms. The van der Waals surface area contributed by atoms with E-state index in [1.165, 1.54) is 61.1 Å². The number of primary amides is 1. The molecule has 6 aromatic heterocycles. The predicted octanol–water partition coefficient (Wildman–Crippen LogP) is 15.5. The van der Waals surface area contributed by atoms with Crippen molar-refractivity contribution in [2.75, 3.05) is 78.7 Å². The minimum Gasteiger partial charge on any atom is -0.457 e. The summed E-state index contributed by atoms with van der Waals surface area (Å²) in [4.78, 5) is 146. The Labute approximate surface area is 894 Å². The Hall–Kier alpha value is -11.1. The first-order chi connectivity index (χ1) is 69.5. The third-order valence-corrected chi connectivity index (χ3v) is 50.1. The topological polar surface area (TPSA) is 401 Å². The van der Waals surface area contributed by atoms with Gasteiger partial charge in [-0.05, 0) is 200 Å². The highest BCUT2D eigenvalue weighted by Gasteiger charge is 2.39. The van der Waals surface area contributed by atoms with Gasteiger partial charge >= 0.3 is 12.2 Å². The van der Waals surface area contributed by atoms with E-state index < -0.39 is 23.0 Å². The van der Waals surface area contributed by atoms with Crippen LogP contribution in [0, 0.1) is 0 Å². The number of nitrogens with two attached hydrogens (primary N) is 1. The second-order valence-corrected chi connectivity index (χ2v) is 59.4. The van der Waals surface area contributed by atoms with E-state index in [1.807, 2.05) is 171 Å². The predicted molar refractivity (Wildman–Crippen MR) is 612 cm³/mol. The van der Waals surface area contributed by atoms with E-state index in [-0.39, 0.29) is 71.0 Å². The van der Waals surface area contributed by atoms with E-state index in [4.69, 9.17) is 63.4 Å². The molecular weight excluding hydrogens is 2180 g/mol. The van der Waals surface area contributed by atoms with Gasteiger partial charge < -0.3 is 70.7 Å². The maximum absolute atomic E-state index is 13.0. The van der Waals surface area contributed by atoms with Crippen LogP contribution in [-0.2, 0) is 156 Å². The normalized spacial score (nSPS) is 15.7. The van der Waals surface area contributed by atoms with Crippen LogP contribution in [-0.4, -0.2) is 203 Å². The quantitative estimate of drug-likeness (QED) is 0.0343. The number of Topliss-reactive ketones (excluding diaryl/α,β-unsaturated/α-hetero) is 1. The Kier molecular flexibility index (Phi) is 44.3. The molecule has 3 saturated heterocycles. The molecule has 15 rings (SSSR count). The summed E-state index contributed by atoms with van der Waals surface area (Å²) < 4.78 is 28.9. The van der Waals surface area contributed by atoms with E-state index in [0.717, 1.165) is 51.0 Å². The number of rotatable bonds is 18. The lowest BCUT2D eigenvalue weighted by Crippen LogP contribution is -2.59. The van der Waals surface area contributed by atoms with Crippen LogP contribution in [0.2, 0.25) is 5.15 Å². The first-order valence-electron chi connectivity index (χ1n) is 44.6. The van der Waals surface area contributed by atoms with Crippen LogP contribution in [0.4, 0.5) is 39.1 Å². The number of carbonyl (C=O) groups is 8. The Bertz CT molecular complexity index is 7350. The highest BCUT2D eigenvalue weighted by molar-refractivity contribution is 8.77. The number of nitrogens with one attached hydrogen (secondary N) is 5. The largest absolute Gasteiger partial charge is 0.457 e. The van der Waals surface area contributed by atoms with Crippen molar-refractivity contribution in [2.45, 2.75) is 144 Å². The monoisotopic (exact) mass is 2280 g/mol. The molecule has 0 bridgehead atoms. The number of benzene rings is 6. The fraction of sp³-hybridized carbons (Fsp3) is 0.316. The van der Waals surface area contributed by atoms with Gasteiger partial charge in [0.25, 0.3) is 29.5 Å². The highest BCUT2D eigenvalue weighted by Crippen LogP contribution is 2.35. The van der Waals surface area contributed by atoms with Crippen molar-refractivity contribution < 1.29 is 62.0 Å². The lowest BCUT2D eigenvalue weighted by Gasteiger charge is -2.44. The molecule has 50 heteroatoms. The van der Waals surface area contributed by atoms with Crippen molar-refractivity contribution >= 4 is 268 Å². The summed E-state index contributed by atoms with van der Waals surface area (Å²) in [5.74, 6) is 4.17. The molecular formula is C95H105ClN20O13S16. The third kappa shape index (κ3) is 35.1. The smallest absolute Gasteiger partial charge is 0.410 e. The van der Waals surface area contributed by atoms with Gasteiger partial charge in [0.2, 0.25) is 17.8 Å². The molecule has 3 fully saturated rings. The average molecular weight is 2280 g/mol. The molecule has 766 valence electrons. The van der Waals surface area contributed by atoms with Crippen molar-refractivity contribution in [3.8, 4) is 34.5 Å². The zero-order valence-corrected chi connectivity index (χ0v) is 94.8. The standard InChI is InChI=1S/C33H37N7O5.C28H29N7O3.C18H14ClNO2.C16H25N5O3.S16/c1-20-18-39(19-21(2)40(20)32(43)45-33(3,4)5)31-36-16-23(17-37-31)29(41)38-28-15-25(12-13-35-28)44-24-10-11-26-22(14-24)8-7-9-27(26)30(42)34-6;1-17-15-35(16-18(2)33-17)28-31-13-20(14-32-28)26(36)34-25-12-22(9-10-30-25)38-21-7-8-23-19(11-21)5-4-6-24(23)27(37)29-3;1-2-17(21)16-5-3-4-12-10-13(6-7-15(12)16)22-14-8-9-20-18(19)11-14;1-10-8-20(14-18-6-12(7-19-14)13(17)22)9-11(2)21(10)15(23)24-16(3,4)5;1-3-5-7-9-11-13-15-16-14-12-10-8-6-4-2/h7-17,20-21H,18-19H2,1-6H3,(H,34,42)(H,35,38,41);4-14,17-18,33H,15-16H2,1-3H3,(H,29,37)(H,30,34,36);3-11H,2H2,1H3;6-7,10-11H,8-9H2,1-5H3,(H2,17,22);/t20-,21+;17-,18+;;10-,11+;. The van der Waals surface area contributed by atoms with Gasteiger partial charge in [-0.15, -0.1) is 0 Å². The summed E-state index contributed by atoms with van der Waals surface area (Å²) in [5, 5.41) is 20.0. The second-order valence-electron chi connectivity index (χ2n) is 34.3. The number of carbonyl (C=O) groups excluding carboxylic acids is 8. The number of ether oxygens (including phenoxy) is 5. The third-order valence-electron chi connectivity index (χ3n) is 21.0. The molecule has 7 amide bonds. The lowest BCUT2D eigenvalue weighted by molar-refractivity contribution is 0.00438. The van der Waals surface area contributed by atoms with Crippen molar-refractivity contribution in [3.63, 3.8) is 0 Å². The average Bonchev–Trinajstić information content (AvgIpc) is 0.812. The number of anilines is 5. The van der Waals surface area contributed by atoms with E-state index in [2.05, 4.69) is 90.2 Å². The van der Waals surface area contributed by atoms with Crippen molar-refractivity contribution in [2.24, 2.45) is 5.73 Å². The van der Waals surface area contributed by atoms with Gasteiger partial charge in [0.15, 0.2) is 5.78 Å². The SMILES string of the molecule is CCC(=O)c1cccc2cc(Oc3ccnc(Cl)c3)ccc12.CNC(=O)c1cccc2cc(Oc3ccnc(NC(=O)c4cnc(N5C[C@@H](C)N(C(=O)OC(C)(C)C)[C@@H](C)C5)nc4)c3)ccc12.CNC(=O)c1cccc2cc(Oc3ccnc(NC(=O)c4cnc(N5C[C@@H](C)N[C@@H](C)C5)nc4)c3)ccc12.C[C@@H]1CN(c2ncc(C(N)=O)cn2)C[C@H](C)N1C(=O)OC(C)(C)C.S=S=S=S=S=S=S=S=S=S=S=S=S=S=S=S. The second kappa shape index (κ2) is 56.2. The van der Waals surface area contributed by atoms with Gasteiger partial charge in [-0.25, -0.2) is 54.4 Å². The molecule has 6 aromatic carbocycles. The number of pyridine rings is 3. The van der Waals surface area contributed by atoms with Crippen molar-refractivity contribution in [1.29, 1.82) is 0 Å². The molecule has 9 heterocycles. The number of ketones is 1. The van der Waals surface area contributed by atoms with Crippen LogP contribution < -0.4 is 61.2 Å². The summed E-state index contributed by atoms with van der Waals surface area (Å²) in [6, 6.07) is 43.8. The van der Waals surface area contributed by atoms with E-state index >= 15 is 0 Å². The molecule has 33 nitrogen and oxygen atoms in total. The Morgan fingerprint density at radius 2 is 0.710 bits per heavy atom. The van der Waals surface area contributed by atoms with Crippen LogP contribution in [0.25, 0.3) is 32.3 Å². The number of fused-ring (bicyclic) bond motifs is 3. The van der Waals surface area contributed by atoms with Gasteiger partial charge in [-0.3, -0.25) is 38.6 Å². The summed E-state index contributed by atoms with van der Waals surface area (Å²) >= 11 is 15.3. The van der Waals surface area contributed by atoms with Crippen LogP contribution >= 0.6 is 11.6 Å². The number of nitrogens with zero attached hydrogens (tertiary/aromatic N) is 14. The molecule has 12 aromatic rings. The minimum absolute atomic E-state index is 0.0528. The summed E-state index contributed by atoms with van der Waals surface area (Å²) in [5.41, 5.74) is 6.89. The number of aromatic nitrogens is 9. The van der Waals surface area contributed by atoms with Crippen LogP contribution in [0.1, 0.15) is 159 Å². The Balaban J connectivity index is 0.000000181. The van der Waals surface area contributed by atoms with Crippen molar-refractivity contribution in [3.05, 3.63) is 240 Å². The van der Waals surface area contributed by atoms with E-state index in [0.29, 0.717) is 131 Å². The van der Waals surface area contributed by atoms with E-state index in [1.54, 1.807) is 204 Å². The Morgan fingerprint density at radius 3 is 1.03 bits per heavy atom. The molecule has 0 radical (unpaired) electrons. The zero-order valence-electron chi connectivity index (χ0n) is 81.0.